The number of fused-ring (bicyclic) bond motifs is 1. The van der Waals surface area contributed by atoms with Gasteiger partial charge in [-0.05, 0) is 54.5 Å². The van der Waals surface area contributed by atoms with Crippen molar-refractivity contribution in [3.8, 4) is 17.3 Å². The molecule has 10 nitrogen and oxygen atoms in total. The molecule has 256 valence electrons. The number of phosphoric acid groups is 1. The van der Waals surface area contributed by atoms with Crippen LogP contribution in [0.4, 0.5) is 23.6 Å². The lowest BCUT2D eigenvalue weighted by Crippen LogP contribution is -2.53. The third kappa shape index (κ3) is 9.17. The number of hydrogen-bond donors (Lipinski definition) is 1. The van der Waals surface area contributed by atoms with E-state index in [1.807, 2.05) is 41.5 Å². The summed E-state index contributed by atoms with van der Waals surface area (Å²) in [5.41, 5.74) is 0.561. The van der Waals surface area contributed by atoms with Crippen LogP contribution in [0.5, 0.6) is 5.75 Å². The van der Waals surface area contributed by atoms with E-state index in [0.717, 1.165) is 18.4 Å². The summed E-state index contributed by atoms with van der Waals surface area (Å²) in [6.45, 7) is 9.63. The normalized spacial score (nSPS) is 19.0. The largest absolute Gasteiger partial charge is 0.484 e. The number of ether oxygens (including phenoxy) is 1. The van der Waals surface area contributed by atoms with Crippen LogP contribution in [0.1, 0.15) is 84.3 Å². The van der Waals surface area contributed by atoms with Crippen LogP contribution in [0.25, 0.3) is 22.5 Å². The maximum atomic E-state index is 14.2. The van der Waals surface area contributed by atoms with Gasteiger partial charge in [-0.1, -0.05) is 52.6 Å². The minimum Gasteiger partial charge on any atom is -0.484 e. The van der Waals surface area contributed by atoms with Gasteiger partial charge in [-0.3, -0.25) is 13.6 Å². The first-order valence-corrected chi connectivity index (χ1v) is 17.0. The summed E-state index contributed by atoms with van der Waals surface area (Å²) in [5.74, 6) is 0.220. The van der Waals surface area contributed by atoms with Gasteiger partial charge in [0.05, 0.1) is 18.7 Å². The highest BCUT2D eigenvalue weighted by molar-refractivity contribution is 7.48. The number of nitrogens with zero attached hydrogens (tertiary/aromatic N) is 3. The van der Waals surface area contributed by atoms with Crippen molar-refractivity contribution in [2.75, 3.05) is 31.8 Å². The summed E-state index contributed by atoms with van der Waals surface area (Å²) in [5, 5.41) is 11.9. The second-order valence-corrected chi connectivity index (χ2v) is 14.3. The molecule has 1 aromatic carbocycles. The van der Waals surface area contributed by atoms with Crippen molar-refractivity contribution in [1.82, 2.24) is 15.2 Å². The van der Waals surface area contributed by atoms with Gasteiger partial charge in [0.2, 0.25) is 0 Å². The minimum absolute atomic E-state index is 0.0838. The number of alkyl halides is 4. The Morgan fingerprint density at radius 3 is 2.26 bits per heavy atom. The molecule has 46 heavy (non-hydrogen) atoms. The van der Waals surface area contributed by atoms with Gasteiger partial charge in [0.1, 0.15) is 23.7 Å². The van der Waals surface area contributed by atoms with Crippen molar-refractivity contribution in [3.63, 3.8) is 0 Å². The Hall–Kier alpha value is -2.80. The highest BCUT2D eigenvalue weighted by Gasteiger charge is 2.51. The van der Waals surface area contributed by atoms with E-state index >= 15 is 0 Å². The Kier molecular flexibility index (Phi) is 11.4. The maximum Gasteiger partial charge on any atom is 0.475 e. The van der Waals surface area contributed by atoms with Crippen LogP contribution < -0.4 is 10.1 Å². The van der Waals surface area contributed by atoms with Crippen molar-refractivity contribution < 1.29 is 44.9 Å². The smallest absolute Gasteiger partial charge is 0.475 e. The monoisotopic (exact) mass is 674 g/mol. The zero-order valence-electron chi connectivity index (χ0n) is 27.1. The predicted molar refractivity (Wildman–Crippen MR) is 166 cm³/mol. The Labute approximate surface area is 266 Å². The number of anilines is 1. The second kappa shape index (κ2) is 14.5. The van der Waals surface area contributed by atoms with Gasteiger partial charge in [0, 0.05) is 24.3 Å². The molecular formula is C31H43F4N4O6P. The molecule has 0 atom stereocenters. The lowest BCUT2D eigenvalue weighted by molar-refractivity contribution is -0.153. The average Bonchev–Trinajstić information content (AvgIpc) is 3.42. The standard InChI is InChI=1S/C31H43F4N4O6P/c1-7-9-11-42-46(40,43-12-10-8-2)45-30(18-32)16-21(17-30)36-28-39-38-27(44-28)25-13-20(3)23-14-22(41-19-31(33,34)35)15-24(26(23)37-25)29(4,5)6/h13-15,21H,7-12,16-19H2,1-6H3,(H,36,39)/t21-,30+. The molecule has 1 saturated carbocycles. The van der Waals surface area contributed by atoms with Gasteiger partial charge >= 0.3 is 20.0 Å². The van der Waals surface area contributed by atoms with E-state index in [9.17, 15) is 22.1 Å². The van der Waals surface area contributed by atoms with Gasteiger partial charge in [0.15, 0.2) is 6.61 Å². The molecule has 4 rings (SSSR count). The molecule has 1 aliphatic rings. The van der Waals surface area contributed by atoms with Gasteiger partial charge < -0.3 is 14.5 Å². The molecule has 0 unspecified atom stereocenters. The SMILES string of the molecule is CCCCOP(=O)(OCCCC)O[C@]1(CF)C[C@H](Nc2nnc(-c3cc(C)c4cc(OCC(F)(F)F)cc(C(C)(C)C)c4n3)o2)C1. The van der Waals surface area contributed by atoms with E-state index in [-0.39, 0.29) is 49.8 Å². The van der Waals surface area contributed by atoms with Crippen LogP contribution in [0.15, 0.2) is 22.6 Å². The summed E-state index contributed by atoms with van der Waals surface area (Å²) >= 11 is 0. The van der Waals surface area contributed by atoms with E-state index < -0.39 is 38.3 Å². The van der Waals surface area contributed by atoms with Crippen LogP contribution in [0, 0.1) is 6.92 Å². The molecule has 0 radical (unpaired) electrons. The van der Waals surface area contributed by atoms with Crippen LogP contribution in [0.2, 0.25) is 0 Å². The summed E-state index contributed by atoms with van der Waals surface area (Å²) < 4.78 is 93.7. The van der Waals surface area contributed by atoms with Gasteiger partial charge in [-0.2, -0.15) is 13.2 Å². The van der Waals surface area contributed by atoms with E-state index in [0.29, 0.717) is 35.0 Å². The van der Waals surface area contributed by atoms with E-state index in [1.54, 1.807) is 18.2 Å². The fraction of sp³-hybridized carbons (Fsp3) is 0.645. The number of benzene rings is 1. The first-order valence-electron chi connectivity index (χ1n) is 15.5. The number of rotatable bonds is 16. The fourth-order valence-electron chi connectivity index (χ4n) is 5.07. The van der Waals surface area contributed by atoms with Crippen molar-refractivity contribution in [2.45, 2.75) is 103 Å². The van der Waals surface area contributed by atoms with Crippen LogP contribution in [-0.2, 0) is 23.6 Å². The summed E-state index contributed by atoms with van der Waals surface area (Å²) in [4.78, 5) is 4.76. The van der Waals surface area contributed by atoms with Crippen molar-refractivity contribution >= 4 is 24.7 Å². The number of unbranched alkanes of at least 4 members (excludes halogenated alkanes) is 2. The highest BCUT2D eigenvalue weighted by Crippen LogP contribution is 2.57. The topological polar surface area (TPSA) is 118 Å². The second-order valence-electron chi connectivity index (χ2n) is 12.7. The van der Waals surface area contributed by atoms with E-state index in [1.165, 1.54) is 0 Å². The van der Waals surface area contributed by atoms with Crippen molar-refractivity contribution in [1.29, 1.82) is 0 Å². The lowest BCUT2D eigenvalue weighted by Gasteiger charge is -2.45. The summed E-state index contributed by atoms with van der Waals surface area (Å²) in [6.07, 6.45) is -1.15. The Balaban J connectivity index is 1.49. The number of pyridine rings is 1. The molecule has 15 heteroatoms. The number of phosphoric ester groups is 1. The Bertz CT molecular complexity index is 1510. The molecule has 3 aromatic rings. The zero-order chi connectivity index (χ0) is 33.8. The highest BCUT2D eigenvalue weighted by atomic mass is 31.2. The van der Waals surface area contributed by atoms with Crippen LogP contribution >= 0.6 is 7.82 Å². The third-order valence-corrected chi connectivity index (χ3v) is 9.16. The number of halogens is 4. The molecule has 2 aromatic heterocycles. The number of nitrogens with one attached hydrogen (secondary N) is 1. The van der Waals surface area contributed by atoms with Crippen molar-refractivity contribution in [3.05, 3.63) is 29.3 Å². The number of aromatic nitrogens is 3. The molecule has 0 amide bonds. The summed E-state index contributed by atoms with van der Waals surface area (Å²) in [7, 11) is -3.97. The molecule has 1 N–H and O–H groups in total. The Morgan fingerprint density at radius 2 is 1.70 bits per heavy atom. The van der Waals surface area contributed by atoms with Gasteiger partial charge in [0.25, 0.3) is 5.89 Å². The Morgan fingerprint density at radius 1 is 1.04 bits per heavy atom. The number of hydrogen-bond acceptors (Lipinski definition) is 10. The molecule has 2 heterocycles. The molecule has 1 fully saturated rings. The van der Waals surface area contributed by atoms with Crippen molar-refractivity contribution in [2.24, 2.45) is 0 Å². The van der Waals surface area contributed by atoms with Crippen LogP contribution in [-0.4, -0.2) is 59.5 Å². The first-order chi connectivity index (χ1) is 21.6. The fourth-order valence-corrected chi connectivity index (χ4v) is 6.63. The molecule has 0 bridgehead atoms. The molecular weight excluding hydrogens is 631 g/mol. The van der Waals surface area contributed by atoms with E-state index in [2.05, 4.69) is 15.5 Å². The molecule has 0 saturated heterocycles. The molecule has 1 aliphatic carbocycles. The molecule has 0 aliphatic heterocycles. The van der Waals surface area contributed by atoms with Crippen LogP contribution in [0.3, 0.4) is 0 Å². The zero-order valence-corrected chi connectivity index (χ0v) is 28.0. The molecule has 0 spiro atoms. The third-order valence-electron chi connectivity index (χ3n) is 7.56. The van der Waals surface area contributed by atoms with E-state index in [4.69, 9.17) is 27.7 Å². The maximum absolute atomic E-state index is 14.2. The first kappa shape index (κ1) is 36.0. The number of aryl methyl sites for hydroxylation is 1. The average molecular weight is 675 g/mol. The van der Waals surface area contributed by atoms with Gasteiger partial charge in [-0.15, -0.1) is 5.10 Å². The predicted octanol–water partition coefficient (Wildman–Crippen LogP) is 8.87. The lowest BCUT2D eigenvalue weighted by atomic mass is 9.77. The summed E-state index contributed by atoms with van der Waals surface area (Å²) in [6, 6.07) is 4.60. The minimum atomic E-state index is -4.47. The van der Waals surface area contributed by atoms with Gasteiger partial charge in [-0.25, -0.2) is 13.9 Å². The quantitative estimate of drug-likeness (QED) is 0.0897.